The van der Waals surface area contributed by atoms with Crippen molar-refractivity contribution in [3.05, 3.63) is 94.5 Å². The molecule has 3 aromatic rings. The van der Waals surface area contributed by atoms with E-state index in [1.165, 1.54) is 11.0 Å². The number of aryl methyl sites for hydroxylation is 1. The number of nitrogens with one attached hydrogen (secondary N) is 2. The number of carbonyl (C=O) groups is 4. The maximum Gasteiger partial charge on any atom is 0.339 e. The van der Waals surface area contributed by atoms with Gasteiger partial charge in [-0.2, -0.15) is 0 Å². The molecule has 0 unspecified atom stereocenters. The van der Waals surface area contributed by atoms with Gasteiger partial charge in [0.1, 0.15) is 17.0 Å². The number of carboxylic acids is 1. The molecule has 0 saturated carbocycles. The minimum absolute atomic E-state index is 0.0119. The van der Waals surface area contributed by atoms with Crippen LogP contribution in [-0.2, 0) is 46.8 Å². The lowest BCUT2D eigenvalue weighted by molar-refractivity contribution is -0.153. The number of carbonyl (C=O) groups excluding carboxylic acids is 3. The van der Waals surface area contributed by atoms with E-state index in [0.29, 0.717) is 25.7 Å². The van der Waals surface area contributed by atoms with Gasteiger partial charge in [-0.05, 0) is 76.1 Å². The van der Waals surface area contributed by atoms with Gasteiger partial charge in [0.05, 0.1) is 35.5 Å². The molecule has 1 amide bonds. The molecule has 13 nitrogen and oxygen atoms in total. The second-order valence-corrected chi connectivity index (χ2v) is 14.0. The minimum Gasteiger partial charge on any atom is -0.480 e. The third kappa shape index (κ3) is 12.6. The number of rotatable bonds is 21. The molecule has 0 fully saturated rings. The van der Waals surface area contributed by atoms with Crippen LogP contribution in [0, 0.1) is 0 Å². The molecule has 0 saturated heterocycles. The topological polar surface area (TPSA) is 194 Å². The highest BCUT2D eigenvalue weighted by atomic mass is 35.5. The predicted octanol–water partition coefficient (Wildman–Crippen LogP) is 4.77. The number of aliphatic carboxylic acids is 1. The molecular formula is C37H47ClN4O9S. The molecule has 3 atom stereocenters. The number of esters is 2. The number of carboxylic acid groups (broad SMARTS) is 1. The summed E-state index contributed by atoms with van der Waals surface area (Å²) in [7, 11) is -4.27. The Morgan fingerprint density at radius 1 is 0.904 bits per heavy atom. The van der Waals surface area contributed by atoms with E-state index in [4.69, 9.17) is 26.2 Å². The lowest BCUT2D eigenvalue weighted by Gasteiger charge is -2.33. The van der Waals surface area contributed by atoms with E-state index in [0.717, 1.165) is 17.2 Å². The Morgan fingerprint density at radius 2 is 1.52 bits per heavy atom. The number of anilines is 1. The van der Waals surface area contributed by atoms with Crippen LogP contribution in [0.5, 0.6) is 0 Å². The molecule has 3 aromatic carbocycles. The van der Waals surface area contributed by atoms with E-state index >= 15 is 0 Å². The maximum absolute atomic E-state index is 14.1. The first-order valence-corrected chi connectivity index (χ1v) is 19.0. The number of primary sulfonamides is 1. The highest BCUT2D eigenvalue weighted by molar-refractivity contribution is 7.89. The first-order valence-electron chi connectivity index (χ1n) is 17.1. The Hall–Kier alpha value is -4.50. The van der Waals surface area contributed by atoms with Crippen LogP contribution in [-0.4, -0.2) is 80.1 Å². The van der Waals surface area contributed by atoms with Crippen LogP contribution in [0.3, 0.4) is 0 Å². The second-order valence-electron chi connectivity index (χ2n) is 12.0. The van der Waals surface area contributed by atoms with Crippen molar-refractivity contribution in [3.63, 3.8) is 0 Å². The zero-order valence-corrected chi connectivity index (χ0v) is 31.1. The summed E-state index contributed by atoms with van der Waals surface area (Å²) in [6, 6.07) is 17.9. The molecule has 282 valence electrons. The zero-order valence-electron chi connectivity index (χ0n) is 29.5. The summed E-state index contributed by atoms with van der Waals surface area (Å²) in [6.07, 6.45) is 1.68. The normalized spacial score (nSPS) is 13.0. The summed E-state index contributed by atoms with van der Waals surface area (Å²) in [6.45, 7) is 5.32. The van der Waals surface area contributed by atoms with E-state index in [1.807, 2.05) is 36.4 Å². The van der Waals surface area contributed by atoms with Crippen molar-refractivity contribution in [2.75, 3.05) is 25.1 Å². The van der Waals surface area contributed by atoms with Crippen LogP contribution < -0.4 is 15.8 Å². The molecule has 0 spiro atoms. The molecule has 0 aliphatic rings. The highest BCUT2D eigenvalue weighted by Gasteiger charge is 2.34. The number of nitrogens with zero attached hydrogens (tertiary/aromatic N) is 1. The van der Waals surface area contributed by atoms with Gasteiger partial charge in [0.2, 0.25) is 15.9 Å². The smallest absolute Gasteiger partial charge is 0.339 e. The lowest BCUT2D eigenvalue weighted by Crippen LogP contribution is -2.54. The molecule has 0 bridgehead atoms. The minimum atomic E-state index is -4.27. The summed E-state index contributed by atoms with van der Waals surface area (Å²) in [5, 5.41) is 21.8. The molecule has 0 aliphatic heterocycles. The van der Waals surface area contributed by atoms with Crippen molar-refractivity contribution in [1.82, 2.24) is 10.2 Å². The number of halogens is 1. The fraction of sp³-hybridized carbons (Fsp3) is 0.405. The molecule has 52 heavy (non-hydrogen) atoms. The largest absolute Gasteiger partial charge is 0.480 e. The summed E-state index contributed by atoms with van der Waals surface area (Å²) in [5.74, 6) is -3.01. The van der Waals surface area contributed by atoms with Gasteiger partial charge in [-0.1, -0.05) is 72.3 Å². The highest BCUT2D eigenvalue weighted by Crippen LogP contribution is 2.29. The predicted molar refractivity (Wildman–Crippen MR) is 197 cm³/mol. The van der Waals surface area contributed by atoms with Gasteiger partial charge in [0, 0.05) is 13.1 Å². The van der Waals surface area contributed by atoms with Crippen LogP contribution >= 0.6 is 11.6 Å². The average Bonchev–Trinajstić information content (AvgIpc) is 3.10. The Kier molecular flexibility index (Phi) is 16.5. The second kappa shape index (κ2) is 20.5. The number of ether oxygens (including phenoxy) is 2. The number of amides is 1. The molecule has 3 rings (SSSR count). The number of hydrogen-bond acceptors (Lipinski definition) is 10. The SMILES string of the molecule is CCOC(=O)c1cc(S(N)(=O)=O)c(NCCCC[C@H](C(=O)O)N(Cc2ccccc2)C(=O)[C@H](C)N[C@@H](CCc2ccccc2)C(=O)OCC)cc1Cl. The lowest BCUT2D eigenvalue weighted by atomic mass is 10.0. The third-order valence-electron chi connectivity index (χ3n) is 8.19. The van der Waals surface area contributed by atoms with E-state index < -0.39 is 52.0 Å². The monoisotopic (exact) mass is 758 g/mol. The fourth-order valence-electron chi connectivity index (χ4n) is 5.60. The third-order valence-corrected chi connectivity index (χ3v) is 9.45. The van der Waals surface area contributed by atoms with Gasteiger partial charge in [0.15, 0.2) is 0 Å². The van der Waals surface area contributed by atoms with Crippen LogP contribution in [0.2, 0.25) is 5.02 Å². The van der Waals surface area contributed by atoms with Crippen molar-refractivity contribution in [2.45, 2.75) is 82.4 Å². The number of hydrogen-bond donors (Lipinski definition) is 4. The summed E-state index contributed by atoms with van der Waals surface area (Å²) >= 11 is 6.26. The van der Waals surface area contributed by atoms with Crippen LogP contribution in [0.25, 0.3) is 0 Å². The summed E-state index contributed by atoms with van der Waals surface area (Å²) in [5.41, 5.74) is 1.65. The molecular weight excluding hydrogens is 712 g/mol. The Bertz CT molecular complexity index is 1760. The van der Waals surface area contributed by atoms with Crippen molar-refractivity contribution >= 4 is 51.1 Å². The van der Waals surface area contributed by atoms with Crippen molar-refractivity contribution in [2.24, 2.45) is 5.14 Å². The van der Waals surface area contributed by atoms with E-state index in [1.54, 1.807) is 45.0 Å². The standard InChI is InChI=1S/C37H47ClN4O9S/c1-4-50-36(46)28-22-33(52(39,48)49)31(23-29(28)38)40-21-13-12-18-32(35(44)45)42(24-27-16-10-7-11-17-27)34(43)25(3)41-30(37(47)51-5-2)20-19-26-14-8-6-9-15-26/h6-11,14-17,22-23,25,30,32,40-41H,4-5,12-13,18-21,24H2,1-3H3,(H,44,45)(H2,39,48,49)/t25-,30-,32+/m0/s1. The van der Waals surface area contributed by atoms with Crippen LogP contribution in [0.1, 0.15) is 67.9 Å². The first-order chi connectivity index (χ1) is 24.8. The van der Waals surface area contributed by atoms with Crippen LogP contribution in [0.15, 0.2) is 77.7 Å². The molecule has 0 radical (unpaired) electrons. The Morgan fingerprint density at radius 3 is 2.10 bits per heavy atom. The quantitative estimate of drug-likeness (QED) is 0.0864. The van der Waals surface area contributed by atoms with Gasteiger partial charge in [-0.15, -0.1) is 0 Å². The summed E-state index contributed by atoms with van der Waals surface area (Å²) in [4.78, 5) is 52.9. The van der Waals surface area contributed by atoms with Gasteiger partial charge in [0.25, 0.3) is 0 Å². The Balaban J connectivity index is 1.76. The maximum atomic E-state index is 14.1. The number of unbranched alkanes of at least 4 members (excludes halogenated alkanes) is 1. The van der Waals surface area contributed by atoms with Gasteiger partial charge < -0.3 is 24.8 Å². The van der Waals surface area contributed by atoms with Crippen LogP contribution in [0.4, 0.5) is 5.69 Å². The van der Waals surface area contributed by atoms with Crippen molar-refractivity contribution < 1.29 is 42.2 Å². The number of sulfonamides is 1. The van der Waals surface area contributed by atoms with Gasteiger partial charge >= 0.3 is 17.9 Å². The van der Waals surface area contributed by atoms with E-state index in [-0.39, 0.29) is 53.9 Å². The molecule has 15 heteroatoms. The van der Waals surface area contributed by atoms with Gasteiger partial charge in [-0.25, -0.2) is 23.1 Å². The average molecular weight is 759 g/mol. The molecule has 0 aliphatic carbocycles. The summed E-state index contributed by atoms with van der Waals surface area (Å²) < 4.78 is 34.9. The molecule has 0 heterocycles. The zero-order chi connectivity index (χ0) is 38.3. The fourth-order valence-corrected chi connectivity index (χ4v) is 6.56. The van der Waals surface area contributed by atoms with E-state index in [2.05, 4.69) is 10.6 Å². The molecule has 5 N–H and O–H groups in total. The van der Waals surface area contributed by atoms with Crippen molar-refractivity contribution in [1.29, 1.82) is 0 Å². The number of benzene rings is 3. The van der Waals surface area contributed by atoms with E-state index in [9.17, 15) is 32.7 Å². The first kappa shape index (κ1) is 41.9. The van der Waals surface area contributed by atoms with Crippen molar-refractivity contribution in [3.8, 4) is 0 Å². The molecule has 0 aromatic heterocycles. The Labute approximate surface area is 309 Å². The van der Waals surface area contributed by atoms with Gasteiger partial charge in [-0.3, -0.25) is 14.9 Å². The number of nitrogens with two attached hydrogens (primary N) is 1.